The second-order valence-corrected chi connectivity index (χ2v) is 5.60. The largest absolute Gasteiger partial charge is 0.469 e. The highest BCUT2D eigenvalue weighted by Crippen LogP contribution is 2.58. The molecule has 0 aliphatic heterocycles. The SMILES string of the molecule is COC(=O)C12CCC(CCCO)(CC1)CC2. The summed E-state index contributed by atoms with van der Waals surface area (Å²) in [5.41, 5.74) is 0.272. The molecular weight excluding hydrogens is 204 g/mol. The van der Waals surface area contributed by atoms with Gasteiger partial charge in [-0.2, -0.15) is 0 Å². The van der Waals surface area contributed by atoms with Crippen molar-refractivity contribution in [1.29, 1.82) is 0 Å². The topological polar surface area (TPSA) is 46.5 Å². The number of esters is 1. The maximum atomic E-state index is 11.8. The fourth-order valence-electron chi connectivity index (χ4n) is 3.62. The van der Waals surface area contributed by atoms with Crippen molar-refractivity contribution in [3.05, 3.63) is 0 Å². The Morgan fingerprint density at radius 2 is 1.75 bits per heavy atom. The summed E-state index contributed by atoms with van der Waals surface area (Å²) in [4.78, 5) is 11.8. The van der Waals surface area contributed by atoms with Gasteiger partial charge in [-0.05, 0) is 56.8 Å². The highest BCUT2D eigenvalue weighted by atomic mass is 16.5. The fourth-order valence-corrected chi connectivity index (χ4v) is 3.62. The molecule has 3 heteroatoms. The van der Waals surface area contributed by atoms with E-state index in [1.54, 1.807) is 0 Å². The van der Waals surface area contributed by atoms with Gasteiger partial charge in [0.1, 0.15) is 0 Å². The van der Waals surface area contributed by atoms with Gasteiger partial charge in [0, 0.05) is 6.61 Å². The first-order chi connectivity index (χ1) is 7.66. The lowest BCUT2D eigenvalue weighted by atomic mass is 9.52. The van der Waals surface area contributed by atoms with Crippen LogP contribution in [0.5, 0.6) is 0 Å². The predicted molar refractivity (Wildman–Crippen MR) is 60.9 cm³/mol. The second kappa shape index (κ2) is 4.36. The quantitative estimate of drug-likeness (QED) is 0.748. The normalized spacial score (nSPS) is 37.4. The zero-order valence-corrected chi connectivity index (χ0v) is 10.1. The molecule has 3 rings (SSSR count). The Hall–Kier alpha value is -0.570. The van der Waals surface area contributed by atoms with Gasteiger partial charge >= 0.3 is 5.97 Å². The second-order valence-electron chi connectivity index (χ2n) is 5.60. The molecule has 0 amide bonds. The first kappa shape index (κ1) is 11.9. The number of aliphatic hydroxyl groups is 1. The summed E-state index contributed by atoms with van der Waals surface area (Å²) in [6.07, 6.45) is 8.43. The fraction of sp³-hybridized carbons (Fsp3) is 0.923. The van der Waals surface area contributed by atoms with Gasteiger partial charge in [0.15, 0.2) is 0 Å². The van der Waals surface area contributed by atoms with Gasteiger partial charge in [-0.3, -0.25) is 4.79 Å². The molecule has 16 heavy (non-hydrogen) atoms. The molecule has 3 aliphatic carbocycles. The monoisotopic (exact) mass is 226 g/mol. The highest BCUT2D eigenvalue weighted by Gasteiger charge is 2.52. The molecule has 3 fully saturated rings. The van der Waals surface area contributed by atoms with Crippen molar-refractivity contribution in [3.63, 3.8) is 0 Å². The average Bonchev–Trinajstić information content (AvgIpc) is 2.37. The van der Waals surface area contributed by atoms with E-state index in [1.165, 1.54) is 7.11 Å². The molecule has 3 nitrogen and oxygen atoms in total. The molecule has 0 saturated heterocycles. The van der Waals surface area contributed by atoms with Crippen LogP contribution in [0.15, 0.2) is 0 Å². The molecule has 0 spiro atoms. The lowest BCUT2D eigenvalue weighted by Gasteiger charge is -2.52. The molecule has 0 atom stereocenters. The molecule has 0 radical (unpaired) electrons. The Morgan fingerprint density at radius 1 is 1.19 bits per heavy atom. The number of methoxy groups -OCH3 is 1. The van der Waals surface area contributed by atoms with E-state index in [-0.39, 0.29) is 11.4 Å². The van der Waals surface area contributed by atoms with Crippen LogP contribution in [0.3, 0.4) is 0 Å². The number of ether oxygens (including phenoxy) is 1. The zero-order valence-electron chi connectivity index (χ0n) is 10.1. The van der Waals surface area contributed by atoms with Gasteiger partial charge in [-0.25, -0.2) is 0 Å². The molecule has 2 bridgehead atoms. The third-order valence-electron chi connectivity index (χ3n) is 4.89. The predicted octanol–water partition coefficient (Wildman–Crippen LogP) is 2.27. The molecule has 0 unspecified atom stereocenters. The lowest BCUT2D eigenvalue weighted by molar-refractivity contribution is -0.163. The molecule has 0 aromatic carbocycles. The van der Waals surface area contributed by atoms with Crippen molar-refractivity contribution >= 4 is 5.97 Å². The van der Waals surface area contributed by atoms with Gasteiger partial charge in [-0.1, -0.05) is 0 Å². The van der Waals surface area contributed by atoms with Crippen LogP contribution < -0.4 is 0 Å². The summed E-state index contributed by atoms with van der Waals surface area (Å²) < 4.78 is 4.94. The number of rotatable bonds is 4. The minimum absolute atomic E-state index is 0.00274. The standard InChI is InChI=1S/C13H22O3/c1-16-11(15)13-7-4-12(5-8-13,6-9-13)3-2-10-14/h14H,2-10H2,1H3. The molecule has 3 aliphatic rings. The minimum Gasteiger partial charge on any atom is -0.469 e. The van der Waals surface area contributed by atoms with Gasteiger partial charge < -0.3 is 9.84 Å². The van der Waals surface area contributed by atoms with Gasteiger partial charge in [0.05, 0.1) is 12.5 Å². The minimum atomic E-state index is -0.157. The van der Waals surface area contributed by atoms with Crippen LogP contribution in [0.25, 0.3) is 0 Å². The number of carbonyl (C=O) groups is 1. The molecule has 0 heterocycles. The smallest absolute Gasteiger partial charge is 0.311 e. The average molecular weight is 226 g/mol. The Balaban J connectivity index is 2.00. The first-order valence-electron chi connectivity index (χ1n) is 6.36. The van der Waals surface area contributed by atoms with Gasteiger partial charge in [0.25, 0.3) is 0 Å². The van der Waals surface area contributed by atoms with Crippen molar-refractivity contribution < 1.29 is 14.6 Å². The Kier molecular flexibility index (Phi) is 3.24. The number of aliphatic hydroxyl groups excluding tert-OH is 1. The number of hydrogen-bond donors (Lipinski definition) is 1. The molecule has 3 saturated carbocycles. The molecule has 0 aromatic heterocycles. The lowest BCUT2D eigenvalue weighted by Crippen LogP contribution is -2.46. The van der Waals surface area contributed by atoms with E-state index in [4.69, 9.17) is 9.84 Å². The Bertz CT molecular complexity index is 248. The number of hydrogen-bond acceptors (Lipinski definition) is 3. The Labute approximate surface area is 97.2 Å². The number of carbonyl (C=O) groups excluding carboxylic acids is 1. The maximum absolute atomic E-state index is 11.8. The van der Waals surface area contributed by atoms with Crippen LogP contribution in [-0.2, 0) is 9.53 Å². The summed E-state index contributed by atoms with van der Waals surface area (Å²) in [5, 5.41) is 8.92. The van der Waals surface area contributed by atoms with Crippen LogP contribution in [-0.4, -0.2) is 24.8 Å². The molecule has 1 N–H and O–H groups in total. The molecular formula is C13H22O3. The summed E-state index contributed by atoms with van der Waals surface area (Å²) in [7, 11) is 1.50. The van der Waals surface area contributed by atoms with E-state index in [0.29, 0.717) is 12.0 Å². The first-order valence-corrected chi connectivity index (χ1v) is 6.36. The van der Waals surface area contributed by atoms with Crippen LogP contribution in [0, 0.1) is 10.8 Å². The van der Waals surface area contributed by atoms with Crippen molar-refractivity contribution in [1.82, 2.24) is 0 Å². The summed E-state index contributed by atoms with van der Waals surface area (Å²) in [6, 6.07) is 0. The van der Waals surface area contributed by atoms with Crippen LogP contribution in [0.1, 0.15) is 51.4 Å². The summed E-state index contributed by atoms with van der Waals surface area (Å²) in [5.74, 6) is 0.00274. The zero-order chi connectivity index (χ0) is 11.6. The van der Waals surface area contributed by atoms with Crippen LogP contribution >= 0.6 is 0 Å². The molecule has 0 aromatic rings. The van der Waals surface area contributed by atoms with Gasteiger partial charge in [0.2, 0.25) is 0 Å². The Morgan fingerprint density at radius 3 is 2.19 bits per heavy atom. The summed E-state index contributed by atoms with van der Waals surface area (Å²) in [6.45, 7) is 0.296. The van der Waals surface area contributed by atoms with Crippen molar-refractivity contribution in [2.75, 3.05) is 13.7 Å². The van der Waals surface area contributed by atoms with Crippen molar-refractivity contribution in [2.45, 2.75) is 51.4 Å². The van der Waals surface area contributed by atoms with E-state index in [2.05, 4.69) is 0 Å². The van der Waals surface area contributed by atoms with E-state index < -0.39 is 0 Å². The van der Waals surface area contributed by atoms with Crippen LogP contribution in [0.2, 0.25) is 0 Å². The molecule has 92 valence electrons. The van der Waals surface area contributed by atoms with Crippen molar-refractivity contribution in [3.8, 4) is 0 Å². The van der Waals surface area contributed by atoms with Crippen molar-refractivity contribution in [2.24, 2.45) is 10.8 Å². The van der Waals surface area contributed by atoms with E-state index >= 15 is 0 Å². The highest BCUT2D eigenvalue weighted by molar-refractivity contribution is 5.77. The van der Waals surface area contributed by atoms with E-state index in [1.807, 2.05) is 0 Å². The van der Waals surface area contributed by atoms with E-state index in [0.717, 1.165) is 51.4 Å². The maximum Gasteiger partial charge on any atom is 0.311 e. The summed E-state index contributed by atoms with van der Waals surface area (Å²) >= 11 is 0. The van der Waals surface area contributed by atoms with Crippen LogP contribution in [0.4, 0.5) is 0 Å². The third kappa shape index (κ3) is 1.86. The van der Waals surface area contributed by atoms with E-state index in [9.17, 15) is 4.79 Å². The third-order valence-corrected chi connectivity index (χ3v) is 4.89. The number of fused-ring (bicyclic) bond motifs is 3. The van der Waals surface area contributed by atoms with Gasteiger partial charge in [-0.15, -0.1) is 0 Å².